The summed E-state index contributed by atoms with van der Waals surface area (Å²) >= 11 is 5.67. The van der Waals surface area contributed by atoms with Crippen molar-refractivity contribution >= 4 is 17.5 Å². The number of hydrogen-bond donors (Lipinski definition) is 1. The van der Waals surface area contributed by atoms with E-state index in [4.69, 9.17) is 16.3 Å². The molecule has 4 nitrogen and oxygen atoms in total. The van der Waals surface area contributed by atoms with Crippen molar-refractivity contribution in [1.82, 2.24) is 10.3 Å². The van der Waals surface area contributed by atoms with Gasteiger partial charge in [0.15, 0.2) is 0 Å². The lowest BCUT2D eigenvalue weighted by Gasteiger charge is -2.04. The largest absolute Gasteiger partial charge is 0.502 e. The quantitative estimate of drug-likeness (QED) is 0.470. The van der Waals surface area contributed by atoms with Crippen LogP contribution in [0, 0.1) is 0 Å². The summed E-state index contributed by atoms with van der Waals surface area (Å²) in [5.41, 5.74) is 0.317. The molecule has 1 aromatic rings. The van der Waals surface area contributed by atoms with Gasteiger partial charge in [-0.3, -0.25) is 4.79 Å². The molecular formula is C11H13ClN2O2. The lowest BCUT2D eigenvalue weighted by molar-refractivity contribution is 0.0945. The Labute approximate surface area is 99.3 Å². The summed E-state index contributed by atoms with van der Waals surface area (Å²) in [6.45, 7) is 4.48. The number of amides is 1. The Bertz CT molecular complexity index is 369. The summed E-state index contributed by atoms with van der Waals surface area (Å²) in [6.07, 6.45) is 2.10. The Morgan fingerprint density at radius 3 is 3.12 bits per heavy atom. The number of nitrogens with zero attached hydrogens (tertiary/aromatic N) is 1. The van der Waals surface area contributed by atoms with E-state index in [2.05, 4.69) is 16.9 Å². The van der Waals surface area contributed by atoms with Crippen LogP contribution >= 0.6 is 11.6 Å². The molecule has 16 heavy (non-hydrogen) atoms. The van der Waals surface area contributed by atoms with Crippen LogP contribution in [0.4, 0.5) is 0 Å². The van der Waals surface area contributed by atoms with Crippen molar-refractivity contribution in [2.24, 2.45) is 0 Å². The van der Waals surface area contributed by atoms with Crippen molar-refractivity contribution in [2.75, 3.05) is 13.2 Å². The lowest BCUT2D eigenvalue weighted by Crippen LogP contribution is -2.25. The molecule has 0 saturated carbocycles. The number of hydrogen-bond acceptors (Lipinski definition) is 3. The van der Waals surface area contributed by atoms with Gasteiger partial charge in [0, 0.05) is 6.54 Å². The van der Waals surface area contributed by atoms with Crippen molar-refractivity contribution in [3.8, 4) is 0 Å². The third-order valence-electron chi connectivity index (χ3n) is 1.79. The van der Waals surface area contributed by atoms with Crippen LogP contribution in [0.15, 0.2) is 31.0 Å². The van der Waals surface area contributed by atoms with Crippen LogP contribution in [0.5, 0.6) is 0 Å². The van der Waals surface area contributed by atoms with Crippen molar-refractivity contribution < 1.29 is 9.53 Å². The maximum Gasteiger partial charge on any atom is 0.269 e. The maximum absolute atomic E-state index is 11.5. The summed E-state index contributed by atoms with van der Waals surface area (Å²) in [7, 11) is 0. The summed E-state index contributed by atoms with van der Waals surface area (Å²) in [6, 6.07) is 4.92. The number of nitrogens with one attached hydrogen (secondary N) is 1. The molecule has 0 aliphatic heterocycles. The number of carbonyl (C=O) groups is 1. The minimum Gasteiger partial charge on any atom is -0.502 e. The van der Waals surface area contributed by atoms with Gasteiger partial charge in [0.1, 0.15) is 10.8 Å². The molecule has 0 saturated heterocycles. The zero-order chi connectivity index (χ0) is 11.8. The van der Waals surface area contributed by atoms with Crippen molar-refractivity contribution in [3.63, 3.8) is 0 Å². The fraction of sp³-hybridized carbons (Fsp3) is 0.273. The molecule has 0 aliphatic rings. The van der Waals surface area contributed by atoms with Crippen molar-refractivity contribution in [2.45, 2.75) is 6.42 Å². The summed E-state index contributed by atoms with van der Waals surface area (Å²) in [5.74, 6) is -0.235. The van der Waals surface area contributed by atoms with Crippen LogP contribution in [-0.4, -0.2) is 24.0 Å². The predicted octanol–water partition coefficient (Wildman–Crippen LogP) is 2.02. The fourth-order valence-electron chi connectivity index (χ4n) is 1.07. The Balaban J connectivity index is 2.32. The molecule has 1 N–H and O–H groups in total. The van der Waals surface area contributed by atoms with E-state index in [1.807, 2.05) is 0 Å². The van der Waals surface area contributed by atoms with Gasteiger partial charge in [-0.25, -0.2) is 4.98 Å². The molecule has 0 aliphatic carbocycles. The highest BCUT2D eigenvalue weighted by Gasteiger charge is 2.05. The second-order valence-corrected chi connectivity index (χ2v) is 3.38. The van der Waals surface area contributed by atoms with Crippen LogP contribution < -0.4 is 5.32 Å². The highest BCUT2D eigenvalue weighted by molar-refractivity contribution is 6.29. The minimum absolute atomic E-state index is 0.235. The molecule has 0 unspecified atom stereocenters. The summed E-state index contributed by atoms with van der Waals surface area (Å²) < 4.78 is 4.92. The van der Waals surface area contributed by atoms with E-state index in [1.165, 1.54) is 6.26 Å². The first-order chi connectivity index (χ1) is 7.74. The summed E-state index contributed by atoms with van der Waals surface area (Å²) in [4.78, 5) is 15.4. The Hall–Kier alpha value is -1.55. The Morgan fingerprint density at radius 2 is 2.44 bits per heavy atom. The first-order valence-corrected chi connectivity index (χ1v) is 5.25. The molecule has 1 rings (SSSR count). The number of halogens is 1. The first kappa shape index (κ1) is 12.5. The fourth-order valence-corrected chi connectivity index (χ4v) is 1.23. The van der Waals surface area contributed by atoms with Gasteiger partial charge in [-0.1, -0.05) is 24.2 Å². The van der Waals surface area contributed by atoms with Crippen LogP contribution in [0.1, 0.15) is 16.9 Å². The van der Waals surface area contributed by atoms with Crippen LogP contribution in [0.25, 0.3) is 0 Å². The predicted molar refractivity (Wildman–Crippen MR) is 62.3 cm³/mol. The van der Waals surface area contributed by atoms with Crippen molar-refractivity contribution in [3.05, 3.63) is 41.9 Å². The van der Waals surface area contributed by atoms with E-state index < -0.39 is 0 Å². The molecule has 0 spiro atoms. The lowest BCUT2D eigenvalue weighted by atomic mass is 10.3. The molecular weight excluding hydrogens is 228 g/mol. The average molecular weight is 241 g/mol. The second kappa shape index (κ2) is 6.85. The molecule has 0 bridgehead atoms. The van der Waals surface area contributed by atoms with Gasteiger partial charge < -0.3 is 10.1 Å². The minimum atomic E-state index is -0.235. The number of aromatic nitrogens is 1. The third-order valence-corrected chi connectivity index (χ3v) is 2.00. The van der Waals surface area contributed by atoms with Gasteiger partial charge in [0.05, 0.1) is 12.9 Å². The third kappa shape index (κ3) is 4.31. The van der Waals surface area contributed by atoms with Crippen molar-refractivity contribution in [1.29, 1.82) is 0 Å². The van der Waals surface area contributed by atoms with Gasteiger partial charge in [0.2, 0.25) is 0 Å². The van der Waals surface area contributed by atoms with E-state index >= 15 is 0 Å². The van der Waals surface area contributed by atoms with Crippen LogP contribution in [0.2, 0.25) is 5.15 Å². The van der Waals surface area contributed by atoms with E-state index in [1.54, 1.807) is 18.2 Å². The number of rotatable bonds is 6. The molecule has 0 atom stereocenters. The maximum atomic E-state index is 11.5. The average Bonchev–Trinajstić information content (AvgIpc) is 2.28. The van der Waals surface area contributed by atoms with Gasteiger partial charge in [0.25, 0.3) is 5.91 Å². The second-order valence-electron chi connectivity index (χ2n) is 2.99. The molecule has 1 heterocycles. The van der Waals surface area contributed by atoms with Gasteiger partial charge in [-0.2, -0.15) is 0 Å². The molecule has 0 radical (unpaired) electrons. The van der Waals surface area contributed by atoms with Crippen LogP contribution in [-0.2, 0) is 4.74 Å². The first-order valence-electron chi connectivity index (χ1n) is 4.87. The zero-order valence-corrected chi connectivity index (χ0v) is 9.54. The number of carbonyl (C=O) groups excluding carboxylic acids is 1. The number of pyridine rings is 1. The SMILES string of the molecule is C=COCCCNC(=O)c1cccc(Cl)n1. The highest BCUT2D eigenvalue weighted by atomic mass is 35.5. The Kier molecular flexibility index (Phi) is 5.36. The smallest absolute Gasteiger partial charge is 0.269 e. The van der Waals surface area contributed by atoms with Gasteiger partial charge in [-0.05, 0) is 18.6 Å². The van der Waals surface area contributed by atoms with E-state index in [0.717, 1.165) is 6.42 Å². The molecule has 1 amide bonds. The van der Waals surface area contributed by atoms with E-state index in [9.17, 15) is 4.79 Å². The number of ether oxygens (including phenoxy) is 1. The summed E-state index contributed by atoms with van der Waals surface area (Å²) in [5, 5.41) is 3.02. The molecule has 1 aromatic heterocycles. The van der Waals surface area contributed by atoms with Crippen LogP contribution in [0.3, 0.4) is 0 Å². The highest BCUT2D eigenvalue weighted by Crippen LogP contribution is 2.04. The molecule has 86 valence electrons. The Morgan fingerprint density at radius 1 is 1.62 bits per heavy atom. The zero-order valence-electron chi connectivity index (χ0n) is 8.78. The topological polar surface area (TPSA) is 51.2 Å². The normalized spacial score (nSPS) is 9.56. The molecule has 0 fully saturated rings. The molecule has 5 heteroatoms. The van der Waals surface area contributed by atoms with Gasteiger partial charge >= 0.3 is 0 Å². The van der Waals surface area contributed by atoms with E-state index in [0.29, 0.717) is 24.0 Å². The standard InChI is InChI=1S/C11H13ClN2O2/c1-2-16-8-4-7-13-11(15)9-5-3-6-10(12)14-9/h2-3,5-6H,1,4,7-8H2,(H,13,15). The van der Waals surface area contributed by atoms with Gasteiger partial charge in [-0.15, -0.1) is 0 Å². The van der Waals surface area contributed by atoms with E-state index in [-0.39, 0.29) is 5.91 Å². The monoisotopic (exact) mass is 240 g/mol. The molecule has 0 aromatic carbocycles.